The summed E-state index contributed by atoms with van der Waals surface area (Å²) in [5, 5.41) is 0.755. The Bertz CT molecular complexity index is 922. The molecule has 3 rings (SSSR count). The van der Waals surface area contributed by atoms with Crippen molar-refractivity contribution >= 4 is 48.5 Å². The summed E-state index contributed by atoms with van der Waals surface area (Å²) >= 11 is 5.06. The first kappa shape index (κ1) is 19.0. The lowest BCUT2D eigenvalue weighted by atomic mass is 10.1. The maximum Gasteiger partial charge on any atom is 0.260 e. The fourth-order valence-electron chi connectivity index (χ4n) is 2.79. The van der Waals surface area contributed by atoms with Crippen LogP contribution in [0.1, 0.15) is 22.3 Å². The van der Waals surface area contributed by atoms with E-state index < -0.39 is 0 Å². The maximum absolute atomic E-state index is 13.3. The van der Waals surface area contributed by atoms with Crippen molar-refractivity contribution in [2.75, 3.05) is 32.1 Å². The van der Waals surface area contributed by atoms with Gasteiger partial charge in [-0.15, -0.1) is 0 Å². The Balaban J connectivity index is 1.96. The summed E-state index contributed by atoms with van der Waals surface area (Å²) in [6, 6.07) is 13.7. The predicted molar refractivity (Wildman–Crippen MR) is 113 cm³/mol. The second kappa shape index (κ2) is 8.29. The van der Waals surface area contributed by atoms with E-state index in [4.69, 9.17) is 4.98 Å². The van der Waals surface area contributed by atoms with Gasteiger partial charge in [-0.25, -0.2) is 4.98 Å². The molecule has 0 aliphatic rings. The summed E-state index contributed by atoms with van der Waals surface area (Å²) < 4.78 is 2.09. The minimum atomic E-state index is 0.0139. The van der Waals surface area contributed by atoms with Gasteiger partial charge in [-0.05, 0) is 63.8 Å². The van der Waals surface area contributed by atoms with Gasteiger partial charge in [0.15, 0.2) is 5.13 Å². The molecule has 4 nitrogen and oxygen atoms in total. The Morgan fingerprint density at radius 2 is 1.92 bits per heavy atom. The number of halogens is 1. The highest BCUT2D eigenvalue weighted by Gasteiger charge is 2.22. The number of aryl methyl sites for hydroxylation is 1. The molecule has 0 unspecified atom stereocenters. The second-order valence-electron chi connectivity index (χ2n) is 6.54. The standard InChI is InChI=1S/C20H22BrN3OS/c1-14-7-4-5-8-16(14)19(25)24(12-6-11-23(2)3)20-22-17-10-9-15(21)13-18(17)26-20/h4-5,7-10,13H,6,11-12H2,1-3H3. The van der Waals surface area contributed by atoms with Crippen LogP contribution in [0.15, 0.2) is 46.9 Å². The third kappa shape index (κ3) is 4.31. The number of aromatic nitrogens is 1. The van der Waals surface area contributed by atoms with Crippen molar-refractivity contribution in [1.29, 1.82) is 0 Å². The van der Waals surface area contributed by atoms with Crippen LogP contribution >= 0.6 is 27.3 Å². The van der Waals surface area contributed by atoms with Crippen LogP contribution in [-0.4, -0.2) is 43.0 Å². The average molecular weight is 432 g/mol. The molecule has 3 aromatic rings. The Kier molecular flexibility index (Phi) is 6.06. The summed E-state index contributed by atoms with van der Waals surface area (Å²) in [6.45, 7) is 3.54. The van der Waals surface area contributed by atoms with E-state index in [0.717, 1.165) is 43.9 Å². The lowest BCUT2D eigenvalue weighted by Gasteiger charge is -2.21. The number of hydrogen-bond acceptors (Lipinski definition) is 4. The zero-order valence-electron chi connectivity index (χ0n) is 15.2. The van der Waals surface area contributed by atoms with Crippen LogP contribution in [-0.2, 0) is 0 Å². The summed E-state index contributed by atoms with van der Waals surface area (Å²) in [5.41, 5.74) is 2.64. The van der Waals surface area contributed by atoms with Gasteiger partial charge in [0.25, 0.3) is 5.91 Å². The minimum Gasteiger partial charge on any atom is -0.309 e. The molecule has 2 aromatic carbocycles. The summed E-state index contributed by atoms with van der Waals surface area (Å²) in [4.78, 5) is 21.9. The van der Waals surface area contributed by atoms with Gasteiger partial charge in [0.2, 0.25) is 0 Å². The number of rotatable bonds is 6. The van der Waals surface area contributed by atoms with Gasteiger partial charge >= 0.3 is 0 Å². The average Bonchev–Trinajstić information content (AvgIpc) is 3.01. The number of amides is 1. The first-order chi connectivity index (χ1) is 12.5. The molecule has 0 aliphatic heterocycles. The van der Waals surface area contributed by atoms with Crippen LogP contribution in [0.5, 0.6) is 0 Å². The number of benzene rings is 2. The molecule has 0 saturated carbocycles. The first-order valence-electron chi connectivity index (χ1n) is 8.54. The van der Waals surface area contributed by atoms with Crippen LogP contribution in [0.3, 0.4) is 0 Å². The van der Waals surface area contributed by atoms with Crippen molar-refractivity contribution < 1.29 is 4.79 Å². The SMILES string of the molecule is Cc1ccccc1C(=O)N(CCCN(C)C)c1nc2ccc(Br)cc2s1. The number of carbonyl (C=O) groups is 1. The van der Waals surface area contributed by atoms with Crippen LogP contribution in [0.25, 0.3) is 10.2 Å². The number of hydrogen-bond donors (Lipinski definition) is 0. The molecule has 0 bridgehead atoms. The highest BCUT2D eigenvalue weighted by Crippen LogP contribution is 2.32. The molecule has 1 heterocycles. The molecule has 0 spiro atoms. The highest BCUT2D eigenvalue weighted by atomic mass is 79.9. The van der Waals surface area contributed by atoms with Crippen molar-refractivity contribution in [2.45, 2.75) is 13.3 Å². The Morgan fingerprint density at radius 1 is 1.15 bits per heavy atom. The summed E-state index contributed by atoms with van der Waals surface area (Å²) in [6.07, 6.45) is 0.893. The lowest BCUT2D eigenvalue weighted by Crippen LogP contribution is -2.33. The number of nitrogens with zero attached hydrogens (tertiary/aromatic N) is 3. The van der Waals surface area contributed by atoms with E-state index in [9.17, 15) is 4.79 Å². The van der Waals surface area contributed by atoms with Gasteiger partial charge in [-0.2, -0.15) is 0 Å². The van der Waals surface area contributed by atoms with Crippen molar-refractivity contribution in [2.24, 2.45) is 0 Å². The second-order valence-corrected chi connectivity index (χ2v) is 8.46. The van der Waals surface area contributed by atoms with Crippen molar-refractivity contribution in [3.63, 3.8) is 0 Å². The molecule has 0 atom stereocenters. The summed E-state index contributed by atoms with van der Waals surface area (Å²) in [5.74, 6) is 0.0139. The van der Waals surface area contributed by atoms with Gasteiger partial charge in [0.05, 0.1) is 10.2 Å². The van der Waals surface area contributed by atoms with Gasteiger partial charge < -0.3 is 4.90 Å². The molecule has 1 amide bonds. The van der Waals surface area contributed by atoms with Gasteiger partial charge in [0, 0.05) is 16.6 Å². The fraction of sp³-hybridized carbons (Fsp3) is 0.300. The van der Waals surface area contributed by atoms with E-state index >= 15 is 0 Å². The number of carbonyl (C=O) groups excluding carboxylic acids is 1. The predicted octanol–water partition coefficient (Wildman–Crippen LogP) is 4.97. The molecule has 0 radical (unpaired) electrons. The molecule has 136 valence electrons. The van der Waals surface area contributed by atoms with Crippen LogP contribution in [0, 0.1) is 6.92 Å². The molecule has 6 heteroatoms. The van der Waals surface area contributed by atoms with E-state index in [1.54, 1.807) is 11.3 Å². The highest BCUT2D eigenvalue weighted by molar-refractivity contribution is 9.10. The van der Waals surface area contributed by atoms with Crippen molar-refractivity contribution in [1.82, 2.24) is 9.88 Å². The Hall–Kier alpha value is -1.76. The number of anilines is 1. The quantitative estimate of drug-likeness (QED) is 0.552. The van der Waals surface area contributed by atoms with Gasteiger partial charge in [-0.1, -0.05) is 45.5 Å². The molecule has 0 saturated heterocycles. The smallest absolute Gasteiger partial charge is 0.260 e. The normalized spacial score (nSPS) is 11.3. The zero-order chi connectivity index (χ0) is 18.7. The number of thiazole rings is 1. The Morgan fingerprint density at radius 3 is 2.65 bits per heavy atom. The van der Waals surface area contributed by atoms with E-state index in [0.29, 0.717) is 6.54 Å². The zero-order valence-corrected chi connectivity index (χ0v) is 17.6. The largest absolute Gasteiger partial charge is 0.309 e. The van der Waals surface area contributed by atoms with Crippen LogP contribution in [0.2, 0.25) is 0 Å². The fourth-order valence-corrected chi connectivity index (χ4v) is 4.33. The van der Waals surface area contributed by atoms with E-state index in [2.05, 4.69) is 20.8 Å². The van der Waals surface area contributed by atoms with Crippen molar-refractivity contribution in [3.05, 3.63) is 58.1 Å². The molecule has 0 aliphatic carbocycles. The molecule has 0 fully saturated rings. The Labute approximate surface area is 166 Å². The molecule has 0 N–H and O–H groups in total. The lowest BCUT2D eigenvalue weighted by molar-refractivity contribution is 0.0985. The molecule has 26 heavy (non-hydrogen) atoms. The van der Waals surface area contributed by atoms with Crippen molar-refractivity contribution in [3.8, 4) is 0 Å². The van der Waals surface area contributed by atoms with Gasteiger partial charge in [-0.3, -0.25) is 9.69 Å². The molecule has 1 aromatic heterocycles. The third-order valence-corrected chi connectivity index (χ3v) is 5.71. The monoisotopic (exact) mass is 431 g/mol. The number of fused-ring (bicyclic) bond motifs is 1. The molecular formula is C20H22BrN3OS. The maximum atomic E-state index is 13.3. The summed E-state index contributed by atoms with van der Waals surface area (Å²) in [7, 11) is 4.09. The third-order valence-electron chi connectivity index (χ3n) is 4.18. The molecular weight excluding hydrogens is 410 g/mol. The van der Waals surface area contributed by atoms with Crippen LogP contribution in [0.4, 0.5) is 5.13 Å². The van der Waals surface area contributed by atoms with E-state index in [-0.39, 0.29) is 5.91 Å². The first-order valence-corrected chi connectivity index (χ1v) is 10.1. The van der Waals surface area contributed by atoms with Crippen LogP contribution < -0.4 is 4.90 Å². The topological polar surface area (TPSA) is 36.4 Å². The minimum absolute atomic E-state index is 0.0139. The van der Waals surface area contributed by atoms with Gasteiger partial charge in [0.1, 0.15) is 0 Å². The van der Waals surface area contributed by atoms with E-state index in [1.165, 1.54) is 0 Å². The van der Waals surface area contributed by atoms with E-state index in [1.807, 2.05) is 68.4 Å².